The summed E-state index contributed by atoms with van der Waals surface area (Å²) < 4.78 is 0. The lowest BCUT2D eigenvalue weighted by Gasteiger charge is -2.33. The zero-order valence-electron chi connectivity index (χ0n) is 15.9. The average molecular weight is 349 g/mol. The molecule has 2 saturated heterocycles. The van der Waals surface area contributed by atoms with Crippen LogP contribution in [0.2, 0.25) is 0 Å². The maximum atomic E-state index is 13.4. The number of nitrogens with one attached hydrogen (secondary N) is 3. The van der Waals surface area contributed by atoms with Gasteiger partial charge < -0.3 is 10.6 Å². The van der Waals surface area contributed by atoms with Gasteiger partial charge in [-0.25, -0.2) is 0 Å². The first-order valence-corrected chi connectivity index (χ1v) is 10.5. The SMILES string of the molecule is CCCCC1(CC2CCCCC2)NC(=N)N(CC2CCNCC2)C1=O. The molecule has 0 aromatic carbocycles. The molecule has 1 aliphatic carbocycles. The highest BCUT2D eigenvalue weighted by atomic mass is 16.2. The molecule has 142 valence electrons. The summed E-state index contributed by atoms with van der Waals surface area (Å²) in [5, 5.41) is 15.2. The van der Waals surface area contributed by atoms with Gasteiger partial charge >= 0.3 is 0 Å². The van der Waals surface area contributed by atoms with Gasteiger partial charge in [0.1, 0.15) is 5.54 Å². The second-order valence-corrected chi connectivity index (χ2v) is 8.48. The highest BCUT2D eigenvalue weighted by Crippen LogP contribution is 2.36. The molecule has 2 heterocycles. The Morgan fingerprint density at radius 2 is 1.84 bits per heavy atom. The molecule has 0 aromatic rings. The van der Waals surface area contributed by atoms with Gasteiger partial charge in [0.25, 0.3) is 5.91 Å². The molecule has 3 aliphatic rings. The number of guanidine groups is 1. The van der Waals surface area contributed by atoms with Crippen LogP contribution in [0.15, 0.2) is 0 Å². The number of unbranched alkanes of at least 4 members (excludes halogenated alkanes) is 1. The van der Waals surface area contributed by atoms with Gasteiger partial charge in [-0.15, -0.1) is 0 Å². The van der Waals surface area contributed by atoms with Crippen LogP contribution in [0.3, 0.4) is 0 Å². The van der Waals surface area contributed by atoms with Crippen molar-refractivity contribution < 1.29 is 4.79 Å². The van der Waals surface area contributed by atoms with Crippen molar-refractivity contribution in [3.8, 4) is 0 Å². The Bertz CT molecular complexity index is 468. The lowest BCUT2D eigenvalue weighted by molar-refractivity contribution is -0.132. The van der Waals surface area contributed by atoms with E-state index < -0.39 is 5.54 Å². The van der Waals surface area contributed by atoms with Gasteiger partial charge in [0.15, 0.2) is 5.96 Å². The van der Waals surface area contributed by atoms with Crippen LogP contribution in [-0.4, -0.2) is 41.9 Å². The molecule has 0 spiro atoms. The number of hydrogen-bond donors (Lipinski definition) is 3. The van der Waals surface area contributed by atoms with E-state index in [1.54, 1.807) is 4.90 Å². The monoisotopic (exact) mass is 348 g/mol. The van der Waals surface area contributed by atoms with Crippen LogP contribution in [0.25, 0.3) is 0 Å². The van der Waals surface area contributed by atoms with Crippen LogP contribution in [0.4, 0.5) is 0 Å². The summed E-state index contributed by atoms with van der Waals surface area (Å²) in [5.74, 6) is 1.73. The van der Waals surface area contributed by atoms with Crippen LogP contribution < -0.4 is 10.6 Å². The summed E-state index contributed by atoms with van der Waals surface area (Å²) in [7, 11) is 0. The summed E-state index contributed by atoms with van der Waals surface area (Å²) >= 11 is 0. The number of piperidine rings is 1. The fraction of sp³-hybridized carbons (Fsp3) is 0.900. The molecular weight excluding hydrogens is 312 g/mol. The van der Waals surface area contributed by atoms with Gasteiger partial charge in [-0.05, 0) is 50.6 Å². The van der Waals surface area contributed by atoms with Crippen LogP contribution in [-0.2, 0) is 4.79 Å². The third-order valence-electron chi connectivity index (χ3n) is 6.50. The van der Waals surface area contributed by atoms with Crippen LogP contribution >= 0.6 is 0 Å². The number of nitrogens with zero attached hydrogens (tertiary/aromatic N) is 1. The van der Waals surface area contributed by atoms with Crippen molar-refractivity contribution in [1.29, 1.82) is 5.41 Å². The zero-order valence-corrected chi connectivity index (χ0v) is 15.9. The normalized spacial score (nSPS) is 29.2. The smallest absolute Gasteiger partial charge is 0.255 e. The molecule has 25 heavy (non-hydrogen) atoms. The van der Waals surface area contributed by atoms with Gasteiger partial charge in [0.2, 0.25) is 0 Å². The molecular formula is C20H36N4O. The maximum Gasteiger partial charge on any atom is 0.255 e. The Balaban J connectivity index is 1.70. The van der Waals surface area contributed by atoms with E-state index >= 15 is 0 Å². The Morgan fingerprint density at radius 3 is 2.52 bits per heavy atom. The summed E-state index contributed by atoms with van der Waals surface area (Å²) in [6.07, 6.45) is 12.7. The predicted octanol–water partition coefficient (Wildman–Crippen LogP) is 3.25. The van der Waals surface area contributed by atoms with Crippen LogP contribution in [0, 0.1) is 17.2 Å². The standard InChI is InChI=1S/C20H36N4O/c1-2-3-11-20(14-16-7-5-4-6-8-16)18(25)24(19(21)23-20)15-17-9-12-22-13-10-17/h16-17,22H,2-15H2,1H3,(H2,21,23). The Hall–Kier alpha value is -1.10. The molecule has 3 fully saturated rings. The van der Waals surface area contributed by atoms with Gasteiger partial charge in [0, 0.05) is 6.54 Å². The van der Waals surface area contributed by atoms with Gasteiger partial charge in [0.05, 0.1) is 0 Å². The quantitative estimate of drug-likeness (QED) is 0.661. The minimum atomic E-state index is -0.498. The minimum Gasteiger partial charge on any atom is -0.342 e. The summed E-state index contributed by atoms with van der Waals surface area (Å²) in [5.41, 5.74) is -0.498. The molecule has 1 atom stereocenters. The first-order valence-electron chi connectivity index (χ1n) is 10.5. The first-order chi connectivity index (χ1) is 12.1. The van der Waals surface area contributed by atoms with Crippen molar-refractivity contribution in [3.63, 3.8) is 0 Å². The Morgan fingerprint density at radius 1 is 1.12 bits per heavy atom. The van der Waals surface area contributed by atoms with E-state index in [-0.39, 0.29) is 5.91 Å². The molecule has 0 radical (unpaired) electrons. The number of amides is 1. The van der Waals surface area contributed by atoms with E-state index in [1.807, 2.05) is 0 Å². The van der Waals surface area contributed by atoms with Gasteiger partial charge in [-0.1, -0.05) is 51.9 Å². The summed E-state index contributed by atoms with van der Waals surface area (Å²) in [6.45, 7) is 4.99. The third-order valence-corrected chi connectivity index (χ3v) is 6.50. The third kappa shape index (κ3) is 4.36. The van der Waals surface area contributed by atoms with Crippen molar-refractivity contribution in [2.75, 3.05) is 19.6 Å². The number of carbonyl (C=O) groups excluding carboxylic acids is 1. The van der Waals surface area contributed by atoms with Crippen molar-refractivity contribution in [2.24, 2.45) is 11.8 Å². The van der Waals surface area contributed by atoms with E-state index in [1.165, 1.54) is 32.1 Å². The molecule has 0 bridgehead atoms. The fourth-order valence-corrected chi connectivity index (χ4v) is 4.98. The van der Waals surface area contributed by atoms with E-state index in [9.17, 15) is 4.79 Å². The molecule has 3 rings (SSSR count). The molecule has 1 amide bonds. The average Bonchev–Trinajstić information content (AvgIpc) is 2.86. The van der Waals surface area contributed by atoms with E-state index in [2.05, 4.69) is 17.6 Å². The minimum absolute atomic E-state index is 0.190. The molecule has 1 unspecified atom stereocenters. The lowest BCUT2D eigenvalue weighted by Crippen LogP contribution is -2.49. The molecule has 5 heteroatoms. The van der Waals surface area contributed by atoms with Gasteiger partial charge in [-0.3, -0.25) is 15.1 Å². The fourth-order valence-electron chi connectivity index (χ4n) is 4.98. The second kappa shape index (κ2) is 8.52. The van der Waals surface area contributed by atoms with Crippen molar-refractivity contribution in [2.45, 2.75) is 83.1 Å². The molecule has 2 aliphatic heterocycles. The van der Waals surface area contributed by atoms with Crippen molar-refractivity contribution in [1.82, 2.24) is 15.5 Å². The zero-order chi connectivity index (χ0) is 17.7. The number of carbonyl (C=O) groups is 1. The number of rotatable bonds is 7. The maximum absolute atomic E-state index is 13.4. The van der Waals surface area contributed by atoms with Gasteiger partial charge in [-0.2, -0.15) is 0 Å². The van der Waals surface area contributed by atoms with E-state index in [4.69, 9.17) is 5.41 Å². The van der Waals surface area contributed by atoms with Crippen molar-refractivity contribution in [3.05, 3.63) is 0 Å². The predicted molar refractivity (Wildman–Crippen MR) is 102 cm³/mol. The number of hydrogen-bond acceptors (Lipinski definition) is 3. The summed E-state index contributed by atoms with van der Waals surface area (Å²) in [4.78, 5) is 15.2. The first kappa shape index (κ1) is 18.7. The lowest BCUT2D eigenvalue weighted by atomic mass is 9.77. The Kier molecular flexibility index (Phi) is 6.37. The van der Waals surface area contributed by atoms with Crippen LogP contribution in [0.1, 0.15) is 77.6 Å². The molecule has 1 saturated carbocycles. The topological polar surface area (TPSA) is 68.2 Å². The molecule has 0 aromatic heterocycles. The second-order valence-electron chi connectivity index (χ2n) is 8.48. The summed E-state index contributed by atoms with van der Waals surface area (Å²) in [6, 6.07) is 0. The Labute approximate surface area is 152 Å². The molecule has 5 nitrogen and oxygen atoms in total. The van der Waals surface area contributed by atoms with E-state index in [0.29, 0.717) is 17.8 Å². The highest BCUT2D eigenvalue weighted by molar-refractivity contribution is 6.07. The van der Waals surface area contributed by atoms with Crippen molar-refractivity contribution >= 4 is 11.9 Å². The largest absolute Gasteiger partial charge is 0.342 e. The highest BCUT2D eigenvalue weighted by Gasteiger charge is 2.50. The van der Waals surface area contributed by atoms with E-state index in [0.717, 1.165) is 58.2 Å². The van der Waals surface area contributed by atoms with Crippen LogP contribution in [0.5, 0.6) is 0 Å². The molecule has 3 N–H and O–H groups in total.